The molecule has 0 radical (unpaired) electrons. The highest BCUT2D eigenvalue weighted by atomic mass is 35.5. The first-order chi connectivity index (χ1) is 16.9. The molecule has 2 bridgehead atoms. The Bertz CT molecular complexity index is 1320. The zero-order valence-corrected chi connectivity index (χ0v) is 22.1. The van der Waals surface area contributed by atoms with Crippen molar-refractivity contribution in [1.82, 2.24) is 4.57 Å². The normalized spacial score (nSPS) is 26.3. The summed E-state index contributed by atoms with van der Waals surface area (Å²) in [5, 5.41) is 5.04. The molecule has 3 aliphatic rings. The smallest absolute Gasteiger partial charge is 0.308 e. The van der Waals surface area contributed by atoms with Gasteiger partial charge < -0.3 is 10.2 Å². The highest BCUT2D eigenvalue weighted by molar-refractivity contribution is 8.00. The number of carbonyl (C=O) groups excluding carboxylic acids is 1. The van der Waals surface area contributed by atoms with Crippen molar-refractivity contribution >= 4 is 52.0 Å². The maximum absolute atomic E-state index is 13.2. The Hall–Kier alpha value is -2.22. The number of benzene rings is 2. The molecule has 1 aromatic heterocycles. The number of thiazole rings is 1. The molecule has 2 aliphatic carbocycles. The topological polar surface area (TPSA) is 54.3 Å². The molecule has 1 aliphatic heterocycles. The summed E-state index contributed by atoms with van der Waals surface area (Å²) >= 11 is 9.16. The second-order valence-electron chi connectivity index (χ2n) is 10.1. The molecule has 3 aromatic rings. The van der Waals surface area contributed by atoms with Crippen molar-refractivity contribution in [1.29, 1.82) is 0 Å². The number of thioether (sulfide) groups is 1. The molecule has 2 heterocycles. The number of anilines is 2. The van der Waals surface area contributed by atoms with E-state index in [0.717, 1.165) is 15.8 Å². The number of amides is 1. The number of aromatic nitrogens is 1. The number of carbonyl (C=O) groups is 1. The maximum atomic E-state index is 13.2. The van der Waals surface area contributed by atoms with E-state index < -0.39 is 0 Å². The first-order valence-corrected chi connectivity index (χ1v) is 14.2. The van der Waals surface area contributed by atoms with E-state index >= 15 is 0 Å². The number of hydrogen-bond donors (Lipinski definition) is 1. The average Bonchev–Trinajstić information content (AvgIpc) is 3.54. The minimum atomic E-state index is -0.197. The zero-order valence-electron chi connectivity index (χ0n) is 19.7. The number of nitrogens with one attached hydrogen (secondary N) is 1. The third kappa shape index (κ3) is 4.11. The van der Waals surface area contributed by atoms with Crippen molar-refractivity contribution in [2.24, 2.45) is 17.8 Å². The van der Waals surface area contributed by atoms with Gasteiger partial charge in [-0.2, -0.15) is 0 Å². The first kappa shape index (κ1) is 23.2. The fourth-order valence-corrected chi connectivity index (χ4v) is 9.59. The van der Waals surface area contributed by atoms with Crippen LogP contribution < -0.4 is 15.1 Å². The van der Waals surface area contributed by atoms with Gasteiger partial charge in [0.15, 0.2) is 0 Å². The van der Waals surface area contributed by atoms with E-state index in [1.54, 1.807) is 28.8 Å². The van der Waals surface area contributed by atoms with Crippen LogP contribution in [0.3, 0.4) is 0 Å². The second-order valence-corrected chi connectivity index (χ2v) is 12.7. The van der Waals surface area contributed by atoms with Gasteiger partial charge in [0.2, 0.25) is 5.91 Å². The summed E-state index contributed by atoms with van der Waals surface area (Å²) in [4.78, 5) is 29.3. The number of rotatable bonds is 5. The molecular formula is C27H28ClN3O2S2. The maximum Gasteiger partial charge on any atom is 0.308 e. The van der Waals surface area contributed by atoms with E-state index in [1.807, 2.05) is 11.8 Å². The van der Waals surface area contributed by atoms with Gasteiger partial charge in [0, 0.05) is 46.5 Å². The molecule has 4 unspecified atom stereocenters. The lowest BCUT2D eigenvalue weighted by Crippen LogP contribution is -2.34. The van der Waals surface area contributed by atoms with Crippen molar-refractivity contribution in [2.75, 3.05) is 24.3 Å². The number of nitrogens with zero attached hydrogens (tertiary/aromatic N) is 2. The summed E-state index contributed by atoms with van der Waals surface area (Å²) in [7, 11) is 4.11. The van der Waals surface area contributed by atoms with E-state index in [2.05, 4.69) is 48.6 Å². The molecule has 182 valence electrons. The van der Waals surface area contributed by atoms with Gasteiger partial charge in [-0.05, 0) is 79.0 Å². The predicted molar refractivity (Wildman–Crippen MR) is 145 cm³/mol. The summed E-state index contributed by atoms with van der Waals surface area (Å²) in [6, 6.07) is 15.9. The van der Waals surface area contributed by atoms with Crippen molar-refractivity contribution < 1.29 is 4.79 Å². The van der Waals surface area contributed by atoms with Gasteiger partial charge in [0.25, 0.3) is 0 Å². The molecule has 35 heavy (non-hydrogen) atoms. The number of fused-ring (bicyclic) bond motifs is 6. The van der Waals surface area contributed by atoms with E-state index in [4.69, 9.17) is 11.6 Å². The molecule has 2 fully saturated rings. The van der Waals surface area contributed by atoms with Crippen LogP contribution in [-0.4, -0.2) is 29.8 Å². The minimum Gasteiger partial charge on any atom is -0.378 e. The van der Waals surface area contributed by atoms with Crippen LogP contribution in [-0.2, 0) is 11.3 Å². The summed E-state index contributed by atoms with van der Waals surface area (Å²) in [6.07, 6.45) is 3.88. The fourth-order valence-electron chi connectivity index (χ4n) is 6.32. The zero-order chi connectivity index (χ0) is 24.3. The first-order valence-electron chi connectivity index (χ1n) is 12.1. The van der Waals surface area contributed by atoms with Crippen LogP contribution in [0.2, 0.25) is 5.02 Å². The largest absolute Gasteiger partial charge is 0.378 e. The van der Waals surface area contributed by atoms with Crippen LogP contribution in [0.1, 0.15) is 35.6 Å². The van der Waals surface area contributed by atoms with E-state index in [-0.39, 0.29) is 23.2 Å². The molecule has 5 atom stereocenters. The minimum absolute atomic E-state index is 0.0259. The Balaban J connectivity index is 1.35. The standard InChI is InChI=1S/C27H28ClN3O2S2/c1-30(2)20-11-5-15(6-12-20)22-23-16-3-4-17(13-16)24(23)34-26-25(22)35-27(33)31(26)14-21(32)29-19-9-7-18(28)8-10-19/h5-12,16-17,22-24H,3-4,13-14H2,1-2H3,(H,29,32)/t16?,17?,22-,23?,24?/m1/s1. The Morgan fingerprint density at radius 1 is 1.09 bits per heavy atom. The van der Waals surface area contributed by atoms with Crippen LogP contribution in [0.4, 0.5) is 11.4 Å². The fraction of sp³-hybridized carbons (Fsp3) is 0.407. The van der Waals surface area contributed by atoms with Crippen molar-refractivity contribution in [2.45, 2.75) is 42.0 Å². The molecule has 6 rings (SSSR count). The lowest BCUT2D eigenvalue weighted by atomic mass is 9.75. The highest BCUT2D eigenvalue weighted by Crippen LogP contribution is 2.64. The molecule has 2 aromatic carbocycles. The summed E-state index contributed by atoms with van der Waals surface area (Å²) in [6.45, 7) is 0.0259. The van der Waals surface area contributed by atoms with Crippen LogP contribution >= 0.6 is 34.7 Å². The second kappa shape index (κ2) is 9.02. The predicted octanol–water partition coefficient (Wildman–Crippen LogP) is 5.92. The molecule has 0 saturated heterocycles. The van der Waals surface area contributed by atoms with Crippen molar-refractivity contribution in [3.8, 4) is 0 Å². The van der Waals surface area contributed by atoms with Gasteiger partial charge >= 0.3 is 4.87 Å². The van der Waals surface area contributed by atoms with E-state index in [1.165, 1.54) is 41.9 Å². The summed E-state index contributed by atoms with van der Waals surface area (Å²) in [5.74, 6) is 2.02. The highest BCUT2D eigenvalue weighted by Gasteiger charge is 2.55. The molecule has 2 saturated carbocycles. The third-order valence-corrected chi connectivity index (χ3v) is 11.0. The monoisotopic (exact) mass is 525 g/mol. The van der Waals surface area contributed by atoms with Gasteiger partial charge in [-0.3, -0.25) is 14.2 Å². The van der Waals surface area contributed by atoms with Gasteiger partial charge in [0.05, 0.1) is 5.03 Å². The van der Waals surface area contributed by atoms with Gasteiger partial charge in [0.1, 0.15) is 6.54 Å². The molecule has 1 amide bonds. The van der Waals surface area contributed by atoms with Gasteiger partial charge in [-0.1, -0.05) is 35.1 Å². The van der Waals surface area contributed by atoms with Crippen LogP contribution in [0, 0.1) is 17.8 Å². The van der Waals surface area contributed by atoms with Crippen molar-refractivity contribution in [3.05, 3.63) is 73.7 Å². The van der Waals surface area contributed by atoms with Crippen LogP contribution in [0.25, 0.3) is 0 Å². The Labute approximate surface area is 218 Å². The van der Waals surface area contributed by atoms with Crippen LogP contribution in [0.5, 0.6) is 0 Å². The Kier molecular flexibility index (Phi) is 5.98. The average molecular weight is 526 g/mol. The molecule has 1 N–H and O–H groups in total. The molecule has 5 nitrogen and oxygen atoms in total. The Morgan fingerprint density at radius 3 is 2.51 bits per heavy atom. The van der Waals surface area contributed by atoms with Gasteiger partial charge in [-0.15, -0.1) is 11.8 Å². The molecular weight excluding hydrogens is 498 g/mol. The molecule has 8 heteroatoms. The number of hydrogen-bond acceptors (Lipinski definition) is 5. The lowest BCUT2D eigenvalue weighted by molar-refractivity contribution is -0.116. The summed E-state index contributed by atoms with van der Waals surface area (Å²) in [5.41, 5.74) is 3.14. The third-order valence-electron chi connectivity index (χ3n) is 7.89. The molecule has 0 spiro atoms. The van der Waals surface area contributed by atoms with Crippen molar-refractivity contribution in [3.63, 3.8) is 0 Å². The summed E-state index contributed by atoms with van der Waals surface area (Å²) < 4.78 is 1.71. The van der Waals surface area contributed by atoms with E-state index in [9.17, 15) is 9.59 Å². The SMILES string of the molecule is CN(C)c1ccc([C@H]2c3sc(=O)n(CC(=O)Nc4ccc(Cl)cc4)c3SC3C4CCC(C4)C32)cc1. The van der Waals surface area contributed by atoms with E-state index in [0.29, 0.717) is 27.8 Å². The lowest BCUT2D eigenvalue weighted by Gasteiger charge is -2.40. The van der Waals surface area contributed by atoms with Crippen LogP contribution in [0.15, 0.2) is 58.4 Å². The Morgan fingerprint density at radius 2 is 1.80 bits per heavy atom. The quantitative estimate of drug-likeness (QED) is 0.449. The number of halogens is 1. The van der Waals surface area contributed by atoms with Gasteiger partial charge in [-0.25, -0.2) is 0 Å².